The molecule has 1 N–H and O–H groups in total. The van der Waals surface area contributed by atoms with Crippen LogP contribution in [0.25, 0.3) is 0 Å². The van der Waals surface area contributed by atoms with Crippen molar-refractivity contribution in [3.05, 3.63) is 23.9 Å². The Balaban J connectivity index is 2.27. The molecule has 2 rings (SSSR count). The van der Waals surface area contributed by atoms with Crippen molar-refractivity contribution in [2.45, 2.75) is 19.4 Å². The fraction of sp³-hybridized carbons (Fsp3) is 0.333. The Hall–Kier alpha value is -1.38. The number of fused-ring (bicyclic) bond motifs is 1. The molecule has 0 aromatic carbocycles. The van der Waals surface area contributed by atoms with Crippen LogP contribution in [0, 0.1) is 0 Å². The second-order valence-electron chi connectivity index (χ2n) is 3.02. The molecule has 1 aliphatic rings. The number of hydrogen-bond acceptors (Lipinski definition) is 3. The lowest BCUT2D eigenvalue weighted by Gasteiger charge is -2.03. The SMILES string of the molecule is CC(=O)C1Cc2cccnc2N1. The van der Waals surface area contributed by atoms with Gasteiger partial charge in [-0.3, -0.25) is 4.79 Å². The molecule has 1 aliphatic heterocycles. The molecule has 1 unspecified atom stereocenters. The largest absolute Gasteiger partial charge is 0.360 e. The topological polar surface area (TPSA) is 42.0 Å². The molecular formula is C9H10N2O. The Morgan fingerprint density at radius 3 is 3.25 bits per heavy atom. The quantitative estimate of drug-likeness (QED) is 0.670. The van der Waals surface area contributed by atoms with Crippen LogP contribution in [0.2, 0.25) is 0 Å². The molecule has 3 nitrogen and oxygen atoms in total. The van der Waals surface area contributed by atoms with E-state index in [-0.39, 0.29) is 11.8 Å². The Bertz CT molecular complexity index is 297. The number of pyridine rings is 1. The Morgan fingerprint density at radius 1 is 1.75 bits per heavy atom. The van der Waals surface area contributed by atoms with Crippen molar-refractivity contribution in [3.63, 3.8) is 0 Å². The van der Waals surface area contributed by atoms with Gasteiger partial charge in [-0.25, -0.2) is 4.98 Å². The number of hydrogen-bond donors (Lipinski definition) is 1. The van der Waals surface area contributed by atoms with Gasteiger partial charge in [0.2, 0.25) is 0 Å². The standard InChI is InChI=1S/C9H10N2O/c1-6(12)8-5-7-3-2-4-10-9(7)11-8/h2-4,8H,5H2,1H3,(H,10,11). The van der Waals surface area contributed by atoms with Gasteiger partial charge in [0, 0.05) is 12.6 Å². The molecule has 0 radical (unpaired) electrons. The third kappa shape index (κ3) is 1.07. The number of carbonyl (C=O) groups excluding carboxylic acids is 1. The first-order valence-corrected chi connectivity index (χ1v) is 3.98. The minimum absolute atomic E-state index is 0.0603. The van der Waals surface area contributed by atoms with Crippen LogP contribution in [0.4, 0.5) is 5.82 Å². The lowest BCUT2D eigenvalue weighted by molar-refractivity contribution is -0.117. The maximum Gasteiger partial charge on any atom is 0.152 e. The molecule has 1 aromatic heterocycles. The number of carbonyl (C=O) groups is 1. The molecule has 3 heteroatoms. The van der Waals surface area contributed by atoms with Crippen molar-refractivity contribution >= 4 is 11.6 Å². The number of ketones is 1. The summed E-state index contributed by atoms with van der Waals surface area (Å²) in [4.78, 5) is 15.2. The van der Waals surface area contributed by atoms with E-state index in [1.165, 1.54) is 0 Å². The minimum Gasteiger partial charge on any atom is -0.360 e. The van der Waals surface area contributed by atoms with Gasteiger partial charge in [0.25, 0.3) is 0 Å². The normalized spacial score (nSPS) is 19.9. The van der Waals surface area contributed by atoms with E-state index in [1.807, 2.05) is 12.1 Å². The third-order valence-corrected chi connectivity index (χ3v) is 2.12. The highest BCUT2D eigenvalue weighted by molar-refractivity contribution is 5.86. The lowest BCUT2D eigenvalue weighted by atomic mass is 10.1. The van der Waals surface area contributed by atoms with E-state index in [9.17, 15) is 4.79 Å². The molecule has 0 fully saturated rings. The summed E-state index contributed by atoms with van der Waals surface area (Å²) in [6, 6.07) is 3.83. The van der Waals surface area contributed by atoms with Crippen molar-refractivity contribution in [1.82, 2.24) is 4.98 Å². The van der Waals surface area contributed by atoms with Gasteiger partial charge in [-0.05, 0) is 18.6 Å². The molecule has 0 saturated carbocycles. The van der Waals surface area contributed by atoms with E-state index in [0.29, 0.717) is 0 Å². The summed E-state index contributed by atoms with van der Waals surface area (Å²) in [5.41, 5.74) is 1.14. The van der Waals surface area contributed by atoms with Gasteiger partial charge in [0.05, 0.1) is 6.04 Å². The van der Waals surface area contributed by atoms with Crippen LogP contribution in [0.5, 0.6) is 0 Å². The summed E-state index contributed by atoms with van der Waals surface area (Å²) in [5.74, 6) is 1.03. The highest BCUT2D eigenvalue weighted by Crippen LogP contribution is 2.22. The van der Waals surface area contributed by atoms with E-state index in [0.717, 1.165) is 17.8 Å². The Kier molecular flexibility index (Phi) is 1.57. The van der Waals surface area contributed by atoms with Crippen molar-refractivity contribution in [1.29, 1.82) is 0 Å². The zero-order valence-corrected chi connectivity index (χ0v) is 6.87. The number of anilines is 1. The van der Waals surface area contributed by atoms with Gasteiger partial charge in [0.15, 0.2) is 5.78 Å². The molecule has 62 valence electrons. The van der Waals surface area contributed by atoms with Gasteiger partial charge in [-0.2, -0.15) is 0 Å². The molecular weight excluding hydrogens is 152 g/mol. The van der Waals surface area contributed by atoms with Crippen molar-refractivity contribution in [2.24, 2.45) is 0 Å². The fourth-order valence-electron chi connectivity index (χ4n) is 1.41. The molecule has 0 amide bonds. The first kappa shape index (κ1) is 7.28. The van der Waals surface area contributed by atoms with E-state index in [1.54, 1.807) is 13.1 Å². The van der Waals surface area contributed by atoms with Crippen LogP contribution in [-0.2, 0) is 11.2 Å². The van der Waals surface area contributed by atoms with Gasteiger partial charge in [-0.1, -0.05) is 6.07 Å². The van der Waals surface area contributed by atoms with Gasteiger partial charge >= 0.3 is 0 Å². The first-order valence-electron chi connectivity index (χ1n) is 3.98. The number of nitrogens with one attached hydrogen (secondary N) is 1. The van der Waals surface area contributed by atoms with E-state index in [4.69, 9.17) is 0 Å². The van der Waals surface area contributed by atoms with Crippen LogP contribution in [0.1, 0.15) is 12.5 Å². The van der Waals surface area contributed by atoms with E-state index < -0.39 is 0 Å². The van der Waals surface area contributed by atoms with Crippen LogP contribution in [0.15, 0.2) is 18.3 Å². The third-order valence-electron chi connectivity index (χ3n) is 2.12. The van der Waals surface area contributed by atoms with Crippen LogP contribution in [0.3, 0.4) is 0 Å². The highest BCUT2D eigenvalue weighted by atomic mass is 16.1. The van der Waals surface area contributed by atoms with Gasteiger partial charge in [0.1, 0.15) is 5.82 Å². The molecule has 1 atom stereocenters. The average molecular weight is 162 g/mol. The number of rotatable bonds is 1. The van der Waals surface area contributed by atoms with Crippen LogP contribution in [-0.4, -0.2) is 16.8 Å². The number of aromatic nitrogens is 1. The second-order valence-corrected chi connectivity index (χ2v) is 3.02. The predicted molar refractivity (Wildman–Crippen MR) is 46.0 cm³/mol. The number of nitrogens with zero attached hydrogens (tertiary/aromatic N) is 1. The lowest BCUT2D eigenvalue weighted by Crippen LogP contribution is -2.24. The van der Waals surface area contributed by atoms with Crippen LogP contribution < -0.4 is 5.32 Å². The zero-order chi connectivity index (χ0) is 8.55. The summed E-state index contributed by atoms with van der Waals surface area (Å²) in [6.07, 6.45) is 2.51. The molecule has 1 aromatic rings. The molecule has 0 bridgehead atoms. The fourth-order valence-corrected chi connectivity index (χ4v) is 1.41. The van der Waals surface area contributed by atoms with E-state index >= 15 is 0 Å². The summed E-state index contributed by atoms with van der Waals surface area (Å²) in [5, 5.41) is 3.07. The minimum atomic E-state index is -0.0603. The molecule has 0 saturated heterocycles. The second kappa shape index (κ2) is 2.59. The summed E-state index contributed by atoms with van der Waals surface area (Å²) in [7, 11) is 0. The zero-order valence-electron chi connectivity index (χ0n) is 6.87. The van der Waals surface area contributed by atoms with Crippen LogP contribution >= 0.6 is 0 Å². The molecule has 0 aliphatic carbocycles. The average Bonchev–Trinajstić information content (AvgIpc) is 2.46. The Morgan fingerprint density at radius 2 is 2.58 bits per heavy atom. The molecule has 0 spiro atoms. The summed E-state index contributed by atoms with van der Waals surface area (Å²) < 4.78 is 0. The maximum absolute atomic E-state index is 11.0. The van der Waals surface area contributed by atoms with Crippen molar-refractivity contribution < 1.29 is 4.79 Å². The van der Waals surface area contributed by atoms with E-state index in [2.05, 4.69) is 10.3 Å². The first-order chi connectivity index (χ1) is 5.77. The number of Topliss-reactive ketones (excluding diaryl/α,β-unsaturated/α-hetero) is 1. The smallest absolute Gasteiger partial charge is 0.152 e. The monoisotopic (exact) mass is 162 g/mol. The van der Waals surface area contributed by atoms with Gasteiger partial charge < -0.3 is 5.32 Å². The Labute approximate surface area is 70.8 Å². The molecule has 12 heavy (non-hydrogen) atoms. The summed E-state index contributed by atoms with van der Waals surface area (Å²) in [6.45, 7) is 1.60. The highest BCUT2D eigenvalue weighted by Gasteiger charge is 2.23. The van der Waals surface area contributed by atoms with Gasteiger partial charge in [-0.15, -0.1) is 0 Å². The predicted octanol–water partition coefficient (Wildman–Crippen LogP) is 1.01. The molecule has 2 heterocycles. The maximum atomic E-state index is 11.0. The summed E-state index contributed by atoms with van der Waals surface area (Å²) >= 11 is 0. The van der Waals surface area contributed by atoms with Crippen molar-refractivity contribution in [3.8, 4) is 0 Å². The van der Waals surface area contributed by atoms with Crippen molar-refractivity contribution in [2.75, 3.05) is 5.32 Å².